The Morgan fingerprint density at radius 3 is 2.54 bits per heavy atom. The normalized spacial score (nSPS) is 35.2. The monoisotopic (exact) mass is 897 g/mol. The molecule has 1 aromatic heterocycles. The number of piperidine rings is 1. The molecule has 9 rings (SSSR count). The number of H-pyrrole nitrogens is 1. The summed E-state index contributed by atoms with van der Waals surface area (Å²) in [4.78, 5) is 53.1. The molecule has 2 bridgehead atoms. The summed E-state index contributed by atoms with van der Waals surface area (Å²) in [7, 11) is 6.59. The molecule has 0 radical (unpaired) electrons. The first-order chi connectivity index (χ1) is 31.1. The third-order valence-corrected chi connectivity index (χ3v) is 16.8. The van der Waals surface area contributed by atoms with E-state index in [1.807, 2.05) is 62.2 Å². The SMILES string of the molecule is CCC1(O)CC2CN(CCc3c([nH]c4ccccc34)C(C(=O)OC)(c3cc4c(cc3OC)N(C)C3C45CCN4CC=C[C@](CC)(C45)[C@@H](O)[C@]3(O)C(=O)NCCCOC(=O)C(C)NC)C2)C1. The van der Waals surface area contributed by atoms with E-state index in [2.05, 4.69) is 37.6 Å². The Labute approximate surface area is 381 Å². The van der Waals surface area contributed by atoms with E-state index in [0.29, 0.717) is 89.0 Å². The van der Waals surface area contributed by atoms with Crippen LogP contribution < -0.4 is 20.3 Å². The minimum Gasteiger partial charge on any atom is -0.496 e. The van der Waals surface area contributed by atoms with Crippen molar-refractivity contribution in [1.29, 1.82) is 0 Å². The minimum absolute atomic E-state index is 0.0721. The number of hydrogen-bond donors (Lipinski definition) is 6. The smallest absolute Gasteiger partial charge is 0.322 e. The average Bonchev–Trinajstić information content (AvgIpc) is 3.98. The molecule has 65 heavy (non-hydrogen) atoms. The van der Waals surface area contributed by atoms with Gasteiger partial charge in [0, 0.05) is 90.6 Å². The summed E-state index contributed by atoms with van der Waals surface area (Å²) in [6, 6.07) is 10.5. The lowest BCUT2D eigenvalue weighted by Gasteiger charge is -2.63. The molecule has 5 aliphatic heterocycles. The van der Waals surface area contributed by atoms with E-state index in [-0.39, 0.29) is 25.1 Å². The van der Waals surface area contributed by atoms with Crippen LogP contribution in [0.3, 0.4) is 0 Å². The molecule has 6 heterocycles. The maximum Gasteiger partial charge on any atom is 0.322 e. The number of ether oxygens (including phenoxy) is 3. The highest BCUT2D eigenvalue weighted by molar-refractivity contribution is 5.95. The van der Waals surface area contributed by atoms with Gasteiger partial charge in [0.2, 0.25) is 0 Å². The number of fused-ring (bicyclic) bond motifs is 6. The van der Waals surface area contributed by atoms with Gasteiger partial charge in [0.25, 0.3) is 5.91 Å². The van der Waals surface area contributed by atoms with Gasteiger partial charge in [-0.15, -0.1) is 0 Å². The second-order valence-corrected chi connectivity index (χ2v) is 19.9. The van der Waals surface area contributed by atoms with Gasteiger partial charge in [-0.25, -0.2) is 0 Å². The number of aliphatic hydroxyl groups excluding tert-OH is 1. The van der Waals surface area contributed by atoms with Gasteiger partial charge in [-0.1, -0.05) is 44.2 Å². The topological polar surface area (TPSA) is 189 Å². The molecule has 6 N–H and O–H groups in total. The predicted molar refractivity (Wildman–Crippen MR) is 246 cm³/mol. The molecule has 1 aliphatic carbocycles. The molecule has 1 spiro atoms. The largest absolute Gasteiger partial charge is 0.496 e. The Morgan fingerprint density at radius 2 is 1.82 bits per heavy atom. The molecule has 2 saturated heterocycles. The van der Waals surface area contributed by atoms with Crippen LogP contribution in [-0.4, -0.2) is 158 Å². The van der Waals surface area contributed by atoms with Crippen molar-refractivity contribution in [1.82, 2.24) is 25.4 Å². The van der Waals surface area contributed by atoms with E-state index in [1.54, 1.807) is 21.1 Å². The Kier molecular flexibility index (Phi) is 11.7. The quantitative estimate of drug-likeness (QED) is 0.0886. The Balaban J connectivity index is 1.24. The van der Waals surface area contributed by atoms with E-state index in [0.717, 1.165) is 33.4 Å². The number of hydrogen-bond acceptors (Lipinski definition) is 13. The van der Waals surface area contributed by atoms with Crippen molar-refractivity contribution in [3.8, 4) is 5.75 Å². The number of carbonyl (C=O) groups excluding carboxylic acids is 3. The average molecular weight is 897 g/mol. The number of amides is 1. The van der Waals surface area contributed by atoms with Gasteiger partial charge in [-0.2, -0.15) is 0 Å². The van der Waals surface area contributed by atoms with Gasteiger partial charge >= 0.3 is 11.9 Å². The van der Waals surface area contributed by atoms with E-state index >= 15 is 4.79 Å². The van der Waals surface area contributed by atoms with Crippen LogP contribution in [0, 0.1) is 11.3 Å². The summed E-state index contributed by atoms with van der Waals surface area (Å²) in [5, 5.41) is 45.1. The van der Waals surface area contributed by atoms with Crippen molar-refractivity contribution >= 4 is 34.4 Å². The zero-order valence-electron chi connectivity index (χ0n) is 39.0. The molecule has 8 unspecified atom stereocenters. The summed E-state index contributed by atoms with van der Waals surface area (Å²) in [5.74, 6) is -1.20. The minimum atomic E-state index is -2.32. The van der Waals surface area contributed by atoms with Gasteiger partial charge in [-0.05, 0) is 94.6 Å². The van der Waals surface area contributed by atoms with Gasteiger partial charge in [0.15, 0.2) is 5.60 Å². The number of rotatable bonds is 12. The number of anilines is 1. The van der Waals surface area contributed by atoms with Crippen LogP contribution in [0.5, 0.6) is 5.75 Å². The van der Waals surface area contributed by atoms with E-state index in [4.69, 9.17) is 14.2 Å². The van der Waals surface area contributed by atoms with Crippen molar-refractivity contribution in [3.05, 3.63) is 70.9 Å². The van der Waals surface area contributed by atoms with Crippen molar-refractivity contribution in [2.75, 3.05) is 79.1 Å². The van der Waals surface area contributed by atoms with Crippen LogP contribution in [-0.2, 0) is 41.1 Å². The summed E-state index contributed by atoms with van der Waals surface area (Å²) in [6.45, 7) is 9.17. The number of nitrogens with zero attached hydrogens (tertiary/aromatic N) is 3. The number of para-hydroxylation sites is 1. The van der Waals surface area contributed by atoms with Crippen LogP contribution in [0.25, 0.3) is 10.9 Å². The molecule has 6 aliphatic rings. The summed E-state index contributed by atoms with van der Waals surface area (Å²) < 4.78 is 17.8. The standard InChI is InChI=1S/C50H68N6O9/c1-8-46(61)26-31-27-49(45(60)64-7,39-33(16-21-55(28-31)29-46)32-14-10-11-15-36(32)53-39)35-24-34-37(25-38(35)63-6)54(5)42-48(34)18-22-56-20-12-17-47(9-2,41(48)56)43(58)50(42,62)44(59)52-19-13-23-65-40(57)30(3)51-4/h10-12,14-15,17,24-25,30-31,41-43,51,53,58,61-62H,8-9,13,16,18-23,26-29H2,1-7H3,(H,52,59)/t30?,31?,41?,42?,43-,46?,47-,48?,49?,50+/m1/s1. The van der Waals surface area contributed by atoms with Crippen molar-refractivity contribution in [2.45, 2.75) is 112 Å². The molecule has 15 nitrogen and oxygen atoms in total. The lowest BCUT2D eigenvalue weighted by Crippen LogP contribution is -2.81. The van der Waals surface area contributed by atoms with Gasteiger partial charge < -0.3 is 50.0 Å². The number of likely N-dealkylation sites (N-methyl/N-ethyl adjacent to an activating group) is 2. The molecule has 3 aromatic rings. The number of aliphatic hydroxyl groups is 3. The molecule has 2 aromatic carbocycles. The fourth-order valence-corrected chi connectivity index (χ4v) is 13.9. The summed E-state index contributed by atoms with van der Waals surface area (Å²) in [6.07, 6.45) is 5.95. The van der Waals surface area contributed by atoms with Crippen molar-refractivity contribution in [3.63, 3.8) is 0 Å². The molecule has 1 saturated carbocycles. The first-order valence-corrected chi connectivity index (χ1v) is 23.7. The van der Waals surface area contributed by atoms with Crippen molar-refractivity contribution in [2.24, 2.45) is 11.3 Å². The zero-order chi connectivity index (χ0) is 46.3. The third kappa shape index (κ3) is 6.53. The van der Waals surface area contributed by atoms with Crippen LogP contribution in [0.15, 0.2) is 48.6 Å². The lowest BCUT2D eigenvalue weighted by molar-refractivity contribution is -0.203. The Hall–Kier alpha value is -4.51. The van der Waals surface area contributed by atoms with Crippen LogP contribution in [0.4, 0.5) is 5.69 Å². The van der Waals surface area contributed by atoms with Gasteiger partial charge in [0.1, 0.15) is 23.3 Å². The van der Waals surface area contributed by atoms with Crippen LogP contribution >= 0.6 is 0 Å². The Bertz CT molecular complexity index is 2390. The number of aromatic nitrogens is 1. The summed E-state index contributed by atoms with van der Waals surface area (Å²) in [5.41, 5.74) is -1.73. The fraction of sp³-hybridized carbons (Fsp3) is 0.620. The van der Waals surface area contributed by atoms with E-state index in [9.17, 15) is 24.9 Å². The highest BCUT2D eigenvalue weighted by atomic mass is 16.5. The van der Waals surface area contributed by atoms with Crippen LogP contribution in [0.1, 0.15) is 81.7 Å². The second kappa shape index (κ2) is 16.7. The molecule has 15 heteroatoms. The second-order valence-electron chi connectivity index (χ2n) is 19.9. The van der Waals surface area contributed by atoms with Gasteiger partial charge in [0.05, 0.1) is 32.5 Å². The zero-order valence-corrected chi connectivity index (χ0v) is 39.0. The Morgan fingerprint density at radius 1 is 1.03 bits per heavy atom. The summed E-state index contributed by atoms with van der Waals surface area (Å²) >= 11 is 0. The van der Waals surface area contributed by atoms with E-state index < -0.39 is 63.5 Å². The molecule has 1 amide bonds. The lowest BCUT2D eigenvalue weighted by atomic mass is 9.47. The molecule has 3 fully saturated rings. The molecular formula is C50H68N6O9. The van der Waals surface area contributed by atoms with Crippen LogP contribution in [0.2, 0.25) is 0 Å². The van der Waals surface area contributed by atoms with Gasteiger partial charge in [-0.3, -0.25) is 24.2 Å². The number of methoxy groups -OCH3 is 2. The maximum atomic E-state index is 15.4. The fourth-order valence-electron chi connectivity index (χ4n) is 13.9. The predicted octanol–water partition coefficient (Wildman–Crippen LogP) is 2.90. The maximum absolute atomic E-state index is 15.4. The number of esters is 2. The third-order valence-electron chi connectivity index (χ3n) is 16.8. The van der Waals surface area contributed by atoms with Crippen molar-refractivity contribution < 1.29 is 43.9 Å². The highest BCUT2D eigenvalue weighted by Crippen LogP contribution is 2.67. The number of nitrogens with one attached hydrogen (secondary N) is 3. The first-order valence-electron chi connectivity index (χ1n) is 23.7. The first kappa shape index (κ1) is 45.6. The molecule has 352 valence electrons. The number of benzene rings is 2. The highest BCUT2D eigenvalue weighted by Gasteiger charge is 2.78. The number of aromatic amines is 1. The molecular weight excluding hydrogens is 829 g/mol. The molecule has 11 atom stereocenters. The van der Waals surface area contributed by atoms with E-state index in [1.165, 1.54) is 7.11 Å². The number of carbonyl (C=O) groups is 3.